The third kappa shape index (κ3) is 1.86. The van der Waals surface area contributed by atoms with Crippen LogP contribution in [0.25, 0.3) is 0 Å². The highest BCUT2D eigenvalue weighted by Crippen LogP contribution is 2.39. The van der Waals surface area contributed by atoms with Gasteiger partial charge in [-0.25, -0.2) is 4.39 Å². The average molecular weight is 189 g/mol. The molecule has 2 rings (SSSR count). The van der Waals surface area contributed by atoms with Crippen molar-refractivity contribution in [1.29, 1.82) is 0 Å². The van der Waals surface area contributed by atoms with Crippen LogP contribution in [-0.4, -0.2) is 41.4 Å². The molecule has 0 aromatic carbocycles. The molecular formula is C10H20FNO. The Bertz CT molecular complexity index is 165. The minimum absolute atomic E-state index is 0.132. The molecule has 0 unspecified atom stereocenters. The summed E-state index contributed by atoms with van der Waals surface area (Å²) in [7, 11) is 0. The van der Waals surface area contributed by atoms with Gasteiger partial charge < -0.3 is 5.11 Å². The summed E-state index contributed by atoms with van der Waals surface area (Å²) in [6.07, 6.45) is 1.93. The molecule has 0 aromatic rings. The Morgan fingerprint density at radius 3 is 2.77 bits per heavy atom. The van der Waals surface area contributed by atoms with E-state index in [4.69, 9.17) is 5.11 Å². The van der Waals surface area contributed by atoms with Crippen LogP contribution in [0, 0.1) is 0 Å². The number of rotatable bonds is 1. The lowest BCUT2D eigenvalue weighted by atomic mass is 9.95. The molecule has 2 saturated heterocycles. The van der Waals surface area contributed by atoms with E-state index in [1.807, 2.05) is 13.8 Å². The zero-order chi connectivity index (χ0) is 9.90. The van der Waals surface area contributed by atoms with Gasteiger partial charge in [-0.15, -0.1) is 0 Å². The maximum absolute atomic E-state index is 12.9. The average Bonchev–Trinajstić information content (AvgIpc) is 2.64. The van der Waals surface area contributed by atoms with Crippen LogP contribution in [0.15, 0.2) is 0 Å². The Morgan fingerprint density at radius 2 is 2.23 bits per heavy atom. The molecule has 2 heterocycles. The number of halogens is 1. The second-order valence-electron chi connectivity index (χ2n) is 3.73. The minimum Gasteiger partial charge on any atom is -0.394 e. The molecule has 0 amide bonds. The summed E-state index contributed by atoms with van der Waals surface area (Å²) >= 11 is 0. The predicted molar refractivity (Wildman–Crippen MR) is 51.5 cm³/mol. The van der Waals surface area contributed by atoms with Crippen molar-refractivity contribution in [2.45, 2.75) is 44.8 Å². The molecule has 0 saturated carbocycles. The Balaban J connectivity index is 0.000000396. The van der Waals surface area contributed by atoms with Gasteiger partial charge in [0.1, 0.15) is 6.17 Å². The van der Waals surface area contributed by atoms with Crippen molar-refractivity contribution in [1.82, 2.24) is 4.90 Å². The first kappa shape index (κ1) is 10.9. The van der Waals surface area contributed by atoms with Crippen molar-refractivity contribution in [3.63, 3.8) is 0 Å². The molecule has 0 aromatic heterocycles. The molecule has 2 aliphatic heterocycles. The van der Waals surface area contributed by atoms with Crippen molar-refractivity contribution < 1.29 is 9.50 Å². The summed E-state index contributed by atoms with van der Waals surface area (Å²) < 4.78 is 12.9. The first-order chi connectivity index (χ1) is 6.27. The maximum atomic E-state index is 12.9. The van der Waals surface area contributed by atoms with E-state index in [2.05, 4.69) is 4.90 Å². The van der Waals surface area contributed by atoms with Crippen LogP contribution in [0.4, 0.5) is 4.39 Å². The number of hydrogen-bond acceptors (Lipinski definition) is 2. The lowest BCUT2D eigenvalue weighted by molar-refractivity contribution is 0.0996. The molecule has 3 heteroatoms. The fourth-order valence-electron chi connectivity index (χ4n) is 2.47. The second-order valence-corrected chi connectivity index (χ2v) is 3.73. The fraction of sp³-hybridized carbons (Fsp3) is 1.00. The van der Waals surface area contributed by atoms with Crippen molar-refractivity contribution >= 4 is 0 Å². The zero-order valence-corrected chi connectivity index (χ0v) is 8.59. The molecule has 2 aliphatic rings. The van der Waals surface area contributed by atoms with Crippen molar-refractivity contribution in [3.05, 3.63) is 0 Å². The highest BCUT2D eigenvalue weighted by Gasteiger charge is 2.47. The van der Waals surface area contributed by atoms with E-state index in [1.165, 1.54) is 0 Å². The summed E-state index contributed by atoms with van der Waals surface area (Å²) in [5, 5.41) is 9.14. The minimum atomic E-state index is -0.706. The number of aliphatic hydroxyl groups excluding tert-OH is 1. The Hall–Kier alpha value is -0.150. The van der Waals surface area contributed by atoms with Gasteiger partial charge in [-0.3, -0.25) is 4.90 Å². The normalized spacial score (nSPS) is 38.3. The SMILES string of the molecule is CC.OC[C@@]12CCCN1C[C@H](F)C2. The van der Waals surface area contributed by atoms with Gasteiger partial charge in [0.2, 0.25) is 0 Å². The van der Waals surface area contributed by atoms with E-state index in [1.54, 1.807) is 0 Å². The smallest absolute Gasteiger partial charge is 0.115 e. The van der Waals surface area contributed by atoms with E-state index >= 15 is 0 Å². The van der Waals surface area contributed by atoms with Gasteiger partial charge >= 0.3 is 0 Å². The third-order valence-electron chi connectivity index (χ3n) is 3.06. The summed E-state index contributed by atoms with van der Waals surface area (Å²) in [4.78, 5) is 2.11. The molecule has 1 N–H and O–H groups in total. The molecule has 0 spiro atoms. The number of fused-ring (bicyclic) bond motifs is 1. The van der Waals surface area contributed by atoms with Crippen LogP contribution < -0.4 is 0 Å². The van der Waals surface area contributed by atoms with Gasteiger partial charge in [0.05, 0.1) is 6.61 Å². The van der Waals surface area contributed by atoms with Gasteiger partial charge in [-0.2, -0.15) is 0 Å². The quantitative estimate of drug-likeness (QED) is 0.677. The largest absolute Gasteiger partial charge is 0.394 e. The molecule has 13 heavy (non-hydrogen) atoms. The van der Waals surface area contributed by atoms with Gasteiger partial charge in [-0.05, 0) is 19.4 Å². The summed E-state index contributed by atoms with van der Waals surface area (Å²) in [5.41, 5.74) is -0.167. The lowest BCUT2D eigenvalue weighted by Crippen LogP contribution is -2.41. The highest BCUT2D eigenvalue weighted by atomic mass is 19.1. The summed E-state index contributed by atoms with van der Waals surface area (Å²) in [6.45, 7) is 5.65. The van der Waals surface area contributed by atoms with Crippen LogP contribution >= 0.6 is 0 Å². The molecular weight excluding hydrogens is 169 g/mol. The predicted octanol–water partition coefficient (Wildman–Crippen LogP) is 1.58. The lowest BCUT2D eigenvalue weighted by Gasteiger charge is -2.28. The molecule has 2 fully saturated rings. The van der Waals surface area contributed by atoms with Crippen molar-refractivity contribution in [2.75, 3.05) is 19.7 Å². The van der Waals surface area contributed by atoms with Crippen LogP contribution in [-0.2, 0) is 0 Å². The summed E-state index contributed by atoms with van der Waals surface area (Å²) in [6, 6.07) is 0. The first-order valence-electron chi connectivity index (χ1n) is 5.27. The maximum Gasteiger partial charge on any atom is 0.115 e. The monoisotopic (exact) mass is 189 g/mol. The Morgan fingerprint density at radius 1 is 1.54 bits per heavy atom. The zero-order valence-electron chi connectivity index (χ0n) is 8.59. The first-order valence-corrected chi connectivity index (χ1v) is 5.27. The van der Waals surface area contributed by atoms with E-state index in [-0.39, 0.29) is 12.1 Å². The van der Waals surface area contributed by atoms with Gasteiger partial charge in [-0.1, -0.05) is 13.8 Å². The summed E-state index contributed by atoms with van der Waals surface area (Å²) in [5.74, 6) is 0. The van der Waals surface area contributed by atoms with Gasteiger partial charge in [0, 0.05) is 18.5 Å². The molecule has 2 nitrogen and oxygen atoms in total. The second kappa shape index (κ2) is 4.38. The highest BCUT2D eigenvalue weighted by molar-refractivity contribution is 5.03. The van der Waals surface area contributed by atoms with E-state index < -0.39 is 6.17 Å². The molecule has 0 bridgehead atoms. The van der Waals surface area contributed by atoms with Crippen LogP contribution in [0.2, 0.25) is 0 Å². The Labute approximate surface area is 79.7 Å². The number of hydrogen-bond donors (Lipinski definition) is 1. The van der Waals surface area contributed by atoms with Crippen LogP contribution in [0.5, 0.6) is 0 Å². The van der Waals surface area contributed by atoms with E-state index in [0.717, 1.165) is 19.4 Å². The topological polar surface area (TPSA) is 23.5 Å². The number of aliphatic hydroxyl groups is 1. The molecule has 0 aliphatic carbocycles. The third-order valence-corrected chi connectivity index (χ3v) is 3.06. The molecule has 78 valence electrons. The molecule has 0 radical (unpaired) electrons. The van der Waals surface area contributed by atoms with Gasteiger partial charge in [0.25, 0.3) is 0 Å². The fourth-order valence-corrected chi connectivity index (χ4v) is 2.47. The van der Waals surface area contributed by atoms with E-state index in [9.17, 15) is 4.39 Å². The Kier molecular flexibility index (Phi) is 3.68. The standard InChI is InChI=1S/C8H14FNO.C2H6/c9-7-4-8(6-11)2-1-3-10(8)5-7;1-2/h7,11H,1-6H2;1-2H3/t7-,8+;/m1./s1. The molecule has 2 atom stereocenters. The van der Waals surface area contributed by atoms with Gasteiger partial charge in [0.15, 0.2) is 0 Å². The van der Waals surface area contributed by atoms with E-state index in [0.29, 0.717) is 13.0 Å². The van der Waals surface area contributed by atoms with Crippen molar-refractivity contribution in [2.24, 2.45) is 0 Å². The number of alkyl halides is 1. The number of nitrogens with zero attached hydrogens (tertiary/aromatic N) is 1. The van der Waals surface area contributed by atoms with Crippen LogP contribution in [0.3, 0.4) is 0 Å². The van der Waals surface area contributed by atoms with Crippen LogP contribution in [0.1, 0.15) is 33.1 Å². The van der Waals surface area contributed by atoms with Crippen molar-refractivity contribution in [3.8, 4) is 0 Å².